The molecule has 40 valence electrons. The van der Waals surface area contributed by atoms with Gasteiger partial charge < -0.3 is 7.59 Å². The molecule has 0 aliphatic carbocycles. The first-order valence-electron chi connectivity index (χ1n) is 1.75. The Labute approximate surface area is 86.7 Å². The van der Waals surface area contributed by atoms with E-state index in [1.54, 1.807) is 0 Å². The van der Waals surface area contributed by atoms with Crippen LogP contribution >= 0.6 is 0 Å². The van der Waals surface area contributed by atoms with Crippen LogP contribution in [0.15, 0.2) is 0 Å². The van der Waals surface area contributed by atoms with E-state index in [2.05, 4.69) is 4.74 Å². The minimum absolute atomic E-state index is 0. The van der Waals surface area contributed by atoms with Crippen LogP contribution in [0.2, 0.25) is 0 Å². The van der Waals surface area contributed by atoms with Crippen molar-refractivity contribution in [2.45, 2.75) is 6.92 Å². The first kappa shape index (κ1) is 11.1. The fraction of sp³-hybridized carbons (Fsp3) is 0.750. The molecule has 0 aliphatic heterocycles. The second-order valence-corrected chi connectivity index (χ2v) is 1.14. The molecule has 0 fully saturated rings. The molecule has 0 unspecified atom stereocenters. The van der Waals surface area contributed by atoms with Crippen molar-refractivity contribution >= 4 is 54.7 Å². The molecule has 0 spiro atoms. The molecule has 0 aliphatic rings. The summed E-state index contributed by atoms with van der Waals surface area (Å²) in [6.07, 6.45) is 0. The Kier molecular flexibility index (Phi) is 11.4. The Hall–Kier alpha value is 1.20. The van der Waals surface area contributed by atoms with Crippen molar-refractivity contribution in [2.75, 3.05) is 13.7 Å². The average molecular weight is 227 g/mol. The number of ether oxygens (including phenoxy) is 1. The zero-order valence-corrected chi connectivity index (χ0v) is 9.17. The Morgan fingerprint density at radius 2 is 2.29 bits per heavy atom. The molecule has 0 aromatic carbocycles. The van der Waals surface area contributed by atoms with Gasteiger partial charge in [-0.25, -0.2) is 0 Å². The van der Waals surface area contributed by atoms with Gasteiger partial charge in [-0.3, -0.25) is 4.79 Å². The molecule has 0 heterocycles. The predicted molar refractivity (Wildman–Crippen MR) is 30.5 cm³/mol. The first-order valence-corrected chi connectivity index (χ1v) is 1.75. The van der Waals surface area contributed by atoms with Crippen molar-refractivity contribution < 1.29 is 12.4 Å². The molecule has 0 bridgehead atoms. The molecule has 0 N–H and O–H groups in total. The van der Waals surface area contributed by atoms with Crippen molar-refractivity contribution in [1.29, 1.82) is 0 Å². The first-order chi connectivity index (χ1) is 2.77. The second-order valence-electron chi connectivity index (χ2n) is 1.14. The van der Waals surface area contributed by atoms with Gasteiger partial charge in [0.15, 0.2) is 5.78 Å². The molecule has 0 saturated carbocycles. The van der Waals surface area contributed by atoms with E-state index in [1.165, 1.54) is 14.0 Å². The standard InChI is InChI=1S/C4H8O2.Ba.2H/c1-4(5)3-6-2;;;/h3H2,1-2H3;;;/q;+2;2*-1. The van der Waals surface area contributed by atoms with Gasteiger partial charge >= 0.3 is 48.9 Å². The number of hydrogen-bond acceptors (Lipinski definition) is 2. The van der Waals surface area contributed by atoms with Gasteiger partial charge in [0, 0.05) is 7.11 Å². The van der Waals surface area contributed by atoms with Crippen LogP contribution in [-0.4, -0.2) is 68.4 Å². The molecular weight excluding hydrogens is 217 g/mol. The third kappa shape index (κ3) is 11.0. The van der Waals surface area contributed by atoms with Crippen LogP contribution in [0.1, 0.15) is 9.78 Å². The third-order valence-electron chi connectivity index (χ3n) is 0.348. The van der Waals surface area contributed by atoms with Crippen molar-refractivity contribution in [3.63, 3.8) is 0 Å². The molecule has 0 aromatic heterocycles. The number of carbonyl (C=O) groups is 1. The number of ketones is 1. The maximum Gasteiger partial charge on any atom is 2.00 e. The summed E-state index contributed by atoms with van der Waals surface area (Å²) in [6.45, 7) is 1.73. The maximum absolute atomic E-state index is 9.92. The SMILES string of the molecule is COCC(C)=O.[Ba+2].[H-].[H-]. The van der Waals surface area contributed by atoms with Gasteiger partial charge in [-0.1, -0.05) is 0 Å². The molecule has 0 amide bonds. The summed E-state index contributed by atoms with van der Waals surface area (Å²) < 4.78 is 4.45. The summed E-state index contributed by atoms with van der Waals surface area (Å²) in [5.74, 6) is 0.0671. The zero-order valence-electron chi connectivity index (χ0n) is 6.73. The van der Waals surface area contributed by atoms with E-state index < -0.39 is 0 Å². The minimum atomic E-state index is 0. The average Bonchev–Trinajstić information content (AvgIpc) is 1.35. The monoisotopic (exact) mass is 228 g/mol. The Bertz CT molecular complexity index is 60.5. The van der Waals surface area contributed by atoms with Crippen molar-refractivity contribution in [1.82, 2.24) is 0 Å². The number of carbonyl (C=O) groups excluding carboxylic acids is 1. The van der Waals surface area contributed by atoms with Crippen molar-refractivity contribution in [3.8, 4) is 0 Å². The van der Waals surface area contributed by atoms with E-state index in [9.17, 15) is 4.79 Å². The molecule has 0 atom stereocenters. The molecule has 0 saturated heterocycles. The Morgan fingerprint density at radius 1 is 1.86 bits per heavy atom. The Balaban J connectivity index is -0.0000000417. The number of Topliss-reactive ketones (excluding diaryl/α,β-unsaturated/α-hetero) is 1. The smallest absolute Gasteiger partial charge is 1.00 e. The van der Waals surface area contributed by atoms with Gasteiger partial charge in [0.25, 0.3) is 0 Å². The van der Waals surface area contributed by atoms with Crippen LogP contribution in [0.25, 0.3) is 0 Å². The second kappa shape index (κ2) is 7.20. The number of rotatable bonds is 2. The molecular formula is C4H10BaO2. The summed E-state index contributed by atoms with van der Waals surface area (Å²) >= 11 is 0. The topological polar surface area (TPSA) is 26.3 Å². The fourth-order valence-corrected chi connectivity index (χ4v) is 0.203. The summed E-state index contributed by atoms with van der Waals surface area (Å²) in [6, 6.07) is 0. The van der Waals surface area contributed by atoms with Crippen LogP contribution in [0.4, 0.5) is 0 Å². The van der Waals surface area contributed by atoms with Crippen LogP contribution in [0.3, 0.4) is 0 Å². The van der Waals surface area contributed by atoms with Crippen molar-refractivity contribution in [3.05, 3.63) is 0 Å². The van der Waals surface area contributed by atoms with E-state index in [4.69, 9.17) is 0 Å². The molecule has 0 rings (SSSR count). The summed E-state index contributed by atoms with van der Waals surface area (Å²) in [5, 5.41) is 0. The van der Waals surface area contributed by atoms with E-state index in [1.807, 2.05) is 0 Å². The molecule has 0 aromatic rings. The fourth-order valence-electron chi connectivity index (χ4n) is 0.203. The predicted octanol–water partition coefficient (Wildman–Crippen LogP) is 0.0660. The van der Waals surface area contributed by atoms with Gasteiger partial charge in [-0.05, 0) is 6.92 Å². The quantitative estimate of drug-likeness (QED) is 0.624. The normalized spacial score (nSPS) is 7.14. The van der Waals surface area contributed by atoms with Crippen LogP contribution < -0.4 is 0 Å². The third-order valence-corrected chi connectivity index (χ3v) is 0.348. The number of hydrogen-bond donors (Lipinski definition) is 0. The molecule has 7 heavy (non-hydrogen) atoms. The van der Waals surface area contributed by atoms with Gasteiger partial charge in [0.2, 0.25) is 0 Å². The zero-order chi connectivity index (χ0) is 4.99. The van der Waals surface area contributed by atoms with Gasteiger partial charge in [0.1, 0.15) is 6.61 Å². The van der Waals surface area contributed by atoms with Gasteiger partial charge in [-0.2, -0.15) is 0 Å². The summed E-state index contributed by atoms with van der Waals surface area (Å²) in [7, 11) is 1.50. The summed E-state index contributed by atoms with van der Waals surface area (Å²) in [4.78, 5) is 9.92. The van der Waals surface area contributed by atoms with E-state index in [0.29, 0.717) is 0 Å². The van der Waals surface area contributed by atoms with Crippen LogP contribution in [-0.2, 0) is 9.53 Å². The molecule has 3 heteroatoms. The molecule has 0 radical (unpaired) electrons. The van der Waals surface area contributed by atoms with Gasteiger partial charge in [-0.15, -0.1) is 0 Å². The van der Waals surface area contributed by atoms with Crippen LogP contribution in [0, 0.1) is 0 Å². The largest absolute Gasteiger partial charge is 2.00 e. The van der Waals surface area contributed by atoms with Gasteiger partial charge in [0.05, 0.1) is 0 Å². The maximum atomic E-state index is 9.92. The Morgan fingerprint density at radius 3 is 2.29 bits per heavy atom. The molecule has 2 nitrogen and oxygen atoms in total. The minimum Gasteiger partial charge on any atom is -1.00 e. The van der Waals surface area contributed by atoms with Crippen molar-refractivity contribution in [2.24, 2.45) is 0 Å². The van der Waals surface area contributed by atoms with E-state index >= 15 is 0 Å². The van der Waals surface area contributed by atoms with Crippen LogP contribution in [0.5, 0.6) is 0 Å². The van der Waals surface area contributed by atoms with E-state index in [-0.39, 0.29) is 64.1 Å². The summed E-state index contributed by atoms with van der Waals surface area (Å²) in [5.41, 5.74) is 0. The number of methoxy groups -OCH3 is 1. The van der Waals surface area contributed by atoms with E-state index in [0.717, 1.165) is 0 Å².